The second kappa shape index (κ2) is 11.5. The van der Waals surface area contributed by atoms with Gasteiger partial charge in [0.2, 0.25) is 0 Å². The van der Waals surface area contributed by atoms with Gasteiger partial charge < -0.3 is 4.90 Å². The zero-order valence-corrected chi connectivity index (χ0v) is 26.9. The zero-order chi connectivity index (χ0) is 29.8. The molecule has 0 aromatic heterocycles. The Labute approximate surface area is 271 Å². The van der Waals surface area contributed by atoms with Gasteiger partial charge in [0.05, 0.1) is 0 Å². The highest BCUT2D eigenvalue weighted by molar-refractivity contribution is 5.77. The molecule has 5 aliphatic carbocycles. The average molecular weight is 592 g/mol. The van der Waals surface area contributed by atoms with Gasteiger partial charge in [0.25, 0.3) is 0 Å². The van der Waals surface area contributed by atoms with E-state index in [9.17, 15) is 0 Å². The van der Waals surface area contributed by atoms with Crippen LogP contribution < -0.4 is 4.90 Å². The standard InChI is InChI=1S/C44H49N/c1-3-7-37(8-4-1)44(25-5-2-6-26-44)38-17-23-41(24-18-38)45(39-19-13-33(14-20-39)42-29-31-9-11-35(42)27-31)40-21-15-34(16-22-40)43-30-32-10-12-36(43)28-32/h1,3-4,7-8,13-24,31-32,35-36,42-43H,2,5-6,9-12,25-30H2. The molecule has 9 rings (SSSR count). The summed E-state index contributed by atoms with van der Waals surface area (Å²) in [4.78, 5) is 2.51. The van der Waals surface area contributed by atoms with Crippen molar-refractivity contribution >= 4 is 17.1 Å². The van der Waals surface area contributed by atoms with Crippen molar-refractivity contribution in [2.45, 2.75) is 101 Å². The zero-order valence-electron chi connectivity index (χ0n) is 26.9. The summed E-state index contributed by atoms with van der Waals surface area (Å²) in [6.07, 6.45) is 18.0. The number of hydrogen-bond donors (Lipinski definition) is 0. The topological polar surface area (TPSA) is 3.24 Å². The molecule has 5 aliphatic rings. The fraction of sp³-hybridized carbons (Fsp3) is 0.455. The largest absolute Gasteiger partial charge is 0.311 e. The minimum atomic E-state index is 0.132. The van der Waals surface area contributed by atoms with Crippen LogP contribution in [-0.4, -0.2) is 0 Å². The lowest BCUT2D eigenvalue weighted by Crippen LogP contribution is -2.30. The Morgan fingerprint density at radius 1 is 0.444 bits per heavy atom. The predicted octanol–water partition coefficient (Wildman–Crippen LogP) is 12.2. The maximum atomic E-state index is 2.51. The normalized spacial score (nSPS) is 29.7. The summed E-state index contributed by atoms with van der Waals surface area (Å²) in [5.74, 6) is 5.34. The van der Waals surface area contributed by atoms with Gasteiger partial charge in [0.15, 0.2) is 0 Å². The van der Waals surface area contributed by atoms with E-state index in [2.05, 4.69) is 108 Å². The third-order valence-electron chi connectivity index (χ3n) is 13.3. The van der Waals surface area contributed by atoms with Crippen LogP contribution in [0.3, 0.4) is 0 Å². The summed E-state index contributed by atoms with van der Waals surface area (Å²) in [6, 6.07) is 40.5. The molecular weight excluding hydrogens is 542 g/mol. The van der Waals surface area contributed by atoms with Crippen molar-refractivity contribution in [3.05, 3.63) is 125 Å². The van der Waals surface area contributed by atoms with Crippen LogP contribution in [0.2, 0.25) is 0 Å². The van der Waals surface area contributed by atoms with E-state index < -0.39 is 0 Å². The van der Waals surface area contributed by atoms with Crippen LogP contribution in [0.15, 0.2) is 103 Å². The van der Waals surface area contributed by atoms with Crippen molar-refractivity contribution in [3.63, 3.8) is 0 Å². The Kier molecular flexibility index (Phi) is 7.13. The van der Waals surface area contributed by atoms with Gasteiger partial charge >= 0.3 is 0 Å². The van der Waals surface area contributed by atoms with E-state index >= 15 is 0 Å². The van der Waals surface area contributed by atoms with Gasteiger partial charge in [-0.2, -0.15) is 0 Å². The number of rotatable bonds is 7. The van der Waals surface area contributed by atoms with Crippen LogP contribution in [0, 0.1) is 23.7 Å². The van der Waals surface area contributed by atoms with Crippen LogP contribution in [0.5, 0.6) is 0 Å². The molecule has 5 fully saturated rings. The number of hydrogen-bond acceptors (Lipinski definition) is 1. The molecule has 4 aromatic rings. The van der Waals surface area contributed by atoms with E-state index in [0.717, 1.165) is 35.5 Å². The lowest BCUT2D eigenvalue weighted by molar-refractivity contribution is 0.346. The molecule has 1 heteroatoms. The lowest BCUT2D eigenvalue weighted by atomic mass is 9.65. The molecule has 230 valence electrons. The molecule has 0 saturated heterocycles. The monoisotopic (exact) mass is 591 g/mol. The maximum absolute atomic E-state index is 2.51. The molecule has 0 aliphatic heterocycles. The lowest BCUT2D eigenvalue weighted by Gasteiger charge is -2.39. The molecule has 1 nitrogen and oxygen atoms in total. The fourth-order valence-electron chi connectivity index (χ4n) is 11.1. The van der Waals surface area contributed by atoms with E-state index in [1.165, 1.54) is 112 Å². The summed E-state index contributed by atoms with van der Waals surface area (Å²) in [7, 11) is 0. The average Bonchev–Trinajstić information content (AvgIpc) is 3.94. The molecule has 5 saturated carbocycles. The Balaban J connectivity index is 1.06. The van der Waals surface area contributed by atoms with Crippen molar-refractivity contribution in [2.24, 2.45) is 23.7 Å². The van der Waals surface area contributed by atoms with Crippen molar-refractivity contribution < 1.29 is 0 Å². The summed E-state index contributed by atoms with van der Waals surface area (Å²) in [5, 5.41) is 0. The number of benzene rings is 4. The molecule has 0 heterocycles. The van der Waals surface area contributed by atoms with Crippen molar-refractivity contribution in [2.75, 3.05) is 4.90 Å². The molecule has 0 amide bonds. The van der Waals surface area contributed by atoms with E-state index in [4.69, 9.17) is 0 Å². The molecule has 4 bridgehead atoms. The van der Waals surface area contributed by atoms with Crippen molar-refractivity contribution in [3.8, 4) is 0 Å². The van der Waals surface area contributed by atoms with Crippen molar-refractivity contribution in [1.29, 1.82) is 0 Å². The minimum absolute atomic E-state index is 0.132. The van der Waals surface area contributed by atoms with Crippen LogP contribution >= 0.6 is 0 Å². The number of fused-ring (bicyclic) bond motifs is 4. The Morgan fingerprint density at radius 2 is 0.911 bits per heavy atom. The van der Waals surface area contributed by atoms with Crippen molar-refractivity contribution in [1.82, 2.24) is 0 Å². The van der Waals surface area contributed by atoms with Gasteiger partial charge in [-0.15, -0.1) is 0 Å². The highest BCUT2D eigenvalue weighted by Crippen LogP contribution is 2.54. The first-order valence-corrected chi connectivity index (χ1v) is 18.4. The molecule has 4 aromatic carbocycles. The first-order chi connectivity index (χ1) is 22.2. The first-order valence-electron chi connectivity index (χ1n) is 18.4. The molecule has 45 heavy (non-hydrogen) atoms. The highest BCUT2D eigenvalue weighted by Gasteiger charge is 2.41. The van der Waals surface area contributed by atoms with Gasteiger partial charge in [-0.1, -0.05) is 98.8 Å². The molecule has 0 radical (unpaired) electrons. The van der Waals surface area contributed by atoms with Gasteiger partial charge in [-0.25, -0.2) is 0 Å². The van der Waals surface area contributed by atoms with Gasteiger partial charge in [0, 0.05) is 22.5 Å². The molecule has 6 unspecified atom stereocenters. The molecule has 6 atom stereocenters. The predicted molar refractivity (Wildman–Crippen MR) is 188 cm³/mol. The first kappa shape index (κ1) is 27.9. The van der Waals surface area contributed by atoms with Gasteiger partial charge in [-0.05, 0) is 146 Å². The Morgan fingerprint density at radius 3 is 1.36 bits per heavy atom. The quantitative estimate of drug-likeness (QED) is 0.207. The van der Waals surface area contributed by atoms with E-state index in [1.54, 1.807) is 11.1 Å². The minimum Gasteiger partial charge on any atom is -0.311 e. The molecular formula is C44H49N. The van der Waals surface area contributed by atoms with Crippen LogP contribution in [-0.2, 0) is 5.41 Å². The summed E-state index contributed by atoms with van der Waals surface area (Å²) >= 11 is 0. The highest BCUT2D eigenvalue weighted by atomic mass is 15.1. The van der Waals surface area contributed by atoms with Crippen LogP contribution in [0.25, 0.3) is 0 Å². The fourth-order valence-corrected chi connectivity index (χ4v) is 11.1. The number of nitrogens with zero attached hydrogens (tertiary/aromatic N) is 1. The maximum Gasteiger partial charge on any atom is 0.0461 e. The van der Waals surface area contributed by atoms with E-state index in [0.29, 0.717) is 0 Å². The summed E-state index contributed by atoms with van der Waals surface area (Å²) in [5.41, 5.74) is 10.0. The van der Waals surface area contributed by atoms with Crippen LogP contribution in [0.4, 0.5) is 17.1 Å². The Hall–Kier alpha value is -3.32. The number of anilines is 3. The summed E-state index contributed by atoms with van der Waals surface area (Å²) < 4.78 is 0. The van der Waals surface area contributed by atoms with E-state index in [1.807, 2.05) is 0 Å². The molecule has 0 N–H and O–H groups in total. The van der Waals surface area contributed by atoms with Gasteiger partial charge in [-0.3, -0.25) is 0 Å². The third-order valence-corrected chi connectivity index (χ3v) is 13.3. The third kappa shape index (κ3) is 4.97. The second-order valence-electron chi connectivity index (χ2n) is 15.6. The second-order valence-corrected chi connectivity index (χ2v) is 15.6. The van der Waals surface area contributed by atoms with Gasteiger partial charge in [0.1, 0.15) is 0 Å². The van der Waals surface area contributed by atoms with E-state index in [-0.39, 0.29) is 5.41 Å². The smallest absolute Gasteiger partial charge is 0.0461 e. The molecule has 0 spiro atoms. The van der Waals surface area contributed by atoms with Crippen LogP contribution in [0.1, 0.15) is 118 Å². The summed E-state index contributed by atoms with van der Waals surface area (Å²) in [6.45, 7) is 0. The SMILES string of the molecule is c1ccc(C2(c3ccc(N(c4ccc(C5CC6CCC5C6)cc4)c4ccc(C5CC6CCC5C6)cc4)cc3)CCCCC2)cc1. The Bertz CT molecular complexity index is 1520.